The van der Waals surface area contributed by atoms with Crippen LogP contribution >= 0.6 is 0 Å². The van der Waals surface area contributed by atoms with Gasteiger partial charge in [0, 0.05) is 29.8 Å². The van der Waals surface area contributed by atoms with Crippen molar-refractivity contribution >= 4 is 5.65 Å². The Labute approximate surface area is 104 Å². The van der Waals surface area contributed by atoms with Crippen molar-refractivity contribution in [1.29, 1.82) is 0 Å². The molecule has 0 bridgehead atoms. The average molecular weight is 241 g/mol. The van der Waals surface area contributed by atoms with Crippen LogP contribution in [0.15, 0.2) is 36.8 Å². The summed E-state index contributed by atoms with van der Waals surface area (Å²) in [5, 5.41) is 0. The van der Waals surface area contributed by atoms with Crippen molar-refractivity contribution in [2.75, 3.05) is 0 Å². The number of hydrogen-bond donors (Lipinski definition) is 0. The smallest absolute Gasteiger partial charge is 0.139 e. The molecule has 0 saturated heterocycles. The monoisotopic (exact) mass is 241 g/mol. The number of halogens is 1. The lowest BCUT2D eigenvalue weighted by molar-refractivity contribution is 0.618. The van der Waals surface area contributed by atoms with Crippen LogP contribution in [0.1, 0.15) is 11.3 Å². The van der Waals surface area contributed by atoms with Crippen LogP contribution in [0.4, 0.5) is 4.39 Å². The number of nitrogens with zero attached hydrogens (tertiary/aromatic N) is 3. The first-order chi connectivity index (χ1) is 8.65. The minimum Gasteiger partial charge on any atom is -0.301 e. The van der Waals surface area contributed by atoms with Gasteiger partial charge in [-0.3, -0.25) is 4.98 Å². The Bertz CT molecular complexity index is 731. The summed E-state index contributed by atoms with van der Waals surface area (Å²) >= 11 is 0. The highest BCUT2D eigenvalue weighted by atomic mass is 19.1. The van der Waals surface area contributed by atoms with Gasteiger partial charge in [-0.15, -0.1) is 0 Å². The van der Waals surface area contributed by atoms with Crippen molar-refractivity contribution in [3.63, 3.8) is 0 Å². The van der Waals surface area contributed by atoms with Gasteiger partial charge >= 0.3 is 0 Å². The molecule has 0 fully saturated rings. The molecule has 4 heteroatoms. The van der Waals surface area contributed by atoms with E-state index >= 15 is 0 Å². The van der Waals surface area contributed by atoms with E-state index in [1.54, 1.807) is 22.9 Å². The minimum atomic E-state index is -0.267. The highest BCUT2D eigenvalue weighted by molar-refractivity contribution is 5.66. The maximum atomic E-state index is 13.2. The van der Waals surface area contributed by atoms with Crippen LogP contribution in [0.25, 0.3) is 16.9 Å². The third-order valence-electron chi connectivity index (χ3n) is 2.97. The van der Waals surface area contributed by atoms with Gasteiger partial charge in [-0.05, 0) is 37.6 Å². The molecule has 0 aliphatic rings. The van der Waals surface area contributed by atoms with E-state index in [1.165, 1.54) is 12.3 Å². The third-order valence-corrected chi connectivity index (χ3v) is 2.97. The maximum absolute atomic E-state index is 13.2. The van der Waals surface area contributed by atoms with Gasteiger partial charge in [-0.1, -0.05) is 0 Å². The van der Waals surface area contributed by atoms with Crippen molar-refractivity contribution in [2.45, 2.75) is 13.8 Å². The highest BCUT2D eigenvalue weighted by Crippen LogP contribution is 2.23. The lowest BCUT2D eigenvalue weighted by Crippen LogP contribution is -1.89. The summed E-state index contributed by atoms with van der Waals surface area (Å²) in [6.07, 6.45) is 5.02. The Morgan fingerprint density at radius 2 is 2.00 bits per heavy atom. The van der Waals surface area contributed by atoms with E-state index in [1.807, 2.05) is 19.9 Å². The number of fused-ring (bicyclic) bond motifs is 1. The van der Waals surface area contributed by atoms with Gasteiger partial charge in [0.1, 0.15) is 11.5 Å². The molecule has 0 unspecified atom stereocenters. The first-order valence-electron chi connectivity index (χ1n) is 5.71. The zero-order valence-corrected chi connectivity index (χ0v) is 10.2. The molecule has 18 heavy (non-hydrogen) atoms. The fourth-order valence-corrected chi connectivity index (χ4v) is 2.09. The Balaban J connectivity index is 2.27. The topological polar surface area (TPSA) is 30.2 Å². The van der Waals surface area contributed by atoms with E-state index < -0.39 is 0 Å². The van der Waals surface area contributed by atoms with Crippen LogP contribution in [-0.2, 0) is 0 Å². The van der Waals surface area contributed by atoms with Gasteiger partial charge in [0.15, 0.2) is 0 Å². The van der Waals surface area contributed by atoms with E-state index in [4.69, 9.17) is 0 Å². The summed E-state index contributed by atoms with van der Waals surface area (Å²) in [6, 6.07) is 5.12. The Hall–Kier alpha value is -2.23. The number of pyridine rings is 2. The lowest BCUT2D eigenvalue weighted by atomic mass is 10.1. The van der Waals surface area contributed by atoms with Gasteiger partial charge in [0.2, 0.25) is 0 Å². The molecule has 0 aliphatic carbocycles. The summed E-state index contributed by atoms with van der Waals surface area (Å²) in [5.74, 6) is -0.267. The molecule has 0 atom stereocenters. The second-order valence-corrected chi connectivity index (χ2v) is 4.37. The molecular weight excluding hydrogens is 229 g/mol. The molecule has 0 aromatic carbocycles. The van der Waals surface area contributed by atoms with Crippen LogP contribution in [0.5, 0.6) is 0 Å². The molecule has 3 nitrogen and oxygen atoms in total. The summed E-state index contributed by atoms with van der Waals surface area (Å²) in [4.78, 5) is 8.69. The Morgan fingerprint density at radius 3 is 2.78 bits per heavy atom. The predicted octanol–water partition coefficient (Wildman–Crippen LogP) is 3.15. The average Bonchev–Trinajstić information content (AvgIpc) is 2.67. The second-order valence-electron chi connectivity index (χ2n) is 4.37. The molecule has 3 aromatic heterocycles. The summed E-state index contributed by atoms with van der Waals surface area (Å²) in [5.41, 5.74) is 4.53. The van der Waals surface area contributed by atoms with Gasteiger partial charge in [0.25, 0.3) is 0 Å². The van der Waals surface area contributed by atoms with Gasteiger partial charge < -0.3 is 4.40 Å². The van der Waals surface area contributed by atoms with Crippen LogP contribution in [-0.4, -0.2) is 14.4 Å². The molecule has 3 aromatic rings. The fourth-order valence-electron chi connectivity index (χ4n) is 2.09. The van der Waals surface area contributed by atoms with Crippen molar-refractivity contribution in [3.8, 4) is 11.3 Å². The molecular formula is C14H12FN3. The number of rotatable bonds is 1. The van der Waals surface area contributed by atoms with Gasteiger partial charge in [-0.25, -0.2) is 9.37 Å². The first-order valence-corrected chi connectivity index (χ1v) is 5.71. The second kappa shape index (κ2) is 3.91. The lowest BCUT2D eigenvalue weighted by Gasteiger charge is -2.00. The van der Waals surface area contributed by atoms with Crippen molar-refractivity contribution < 1.29 is 4.39 Å². The van der Waals surface area contributed by atoms with E-state index in [0.717, 1.165) is 28.2 Å². The molecule has 3 heterocycles. The third kappa shape index (κ3) is 1.66. The van der Waals surface area contributed by atoms with Crippen LogP contribution in [0.2, 0.25) is 0 Å². The van der Waals surface area contributed by atoms with Crippen molar-refractivity contribution in [2.24, 2.45) is 0 Å². The predicted molar refractivity (Wildman–Crippen MR) is 67.9 cm³/mol. The van der Waals surface area contributed by atoms with E-state index in [9.17, 15) is 4.39 Å². The molecule has 0 saturated carbocycles. The number of imidazole rings is 1. The quantitative estimate of drug-likeness (QED) is 0.655. The van der Waals surface area contributed by atoms with E-state index in [-0.39, 0.29) is 5.82 Å². The summed E-state index contributed by atoms with van der Waals surface area (Å²) in [6.45, 7) is 3.92. The number of aryl methyl sites for hydroxylation is 2. The number of hydrogen-bond acceptors (Lipinski definition) is 2. The SMILES string of the molecule is Cc1cncc(-c2nc3ccc(F)cn3c2C)c1. The highest BCUT2D eigenvalue weighted by Gasteiger charge is 2.11. The maximum Gasteiger partial charge on any atom is 0.139 e. The zero-order valence-electron chi connectivity index (χ0n) is 10.2. The minimum absolute atomic E-state index is 0.267. The molecule has 0 radical (unpaired) electrons. The molecule has 0 N–H and O–H groups in total. The zero-order chi connectivity index (χ0) is 12.7. The van der Waals surface area contributed by atoms with Gasteiger partial charge in [-0.2, -0.15) is 0 Å². The molecule has 0 aliphatic heterocycles. The standard InChI is InChI=1S/C14H12FN3/c1-9-5-11(7-16-6-9)14-10(2)18-8-12(15)3-4-13(18)17-14/h3-8H,1-2H3. The Morgan fingerprint density at radius 1 is 1.17 bits per heavy atom. The largest absolute Gasteiger partial charge is 0.301 e. The summed E-state index contributed by atoms with van der Waals surface area (Å²) in [7, 11) is 0. The number of aromatic nitrogens is 3. The normalized spacial score (nSPS) is 11.1. The molecule has 3 rings (SSSR count). The summed E-state index contributed by atoms with van der Waals surface area (Å²) < 4.78 is 15.0. The van der Waals surface area contributed by atoms with Crippen LogP contribution in [0.3, 0.4) is 0 Å². The van der Waals surface area contributed by atoms with Gasteiger partial charge in [0.05, 0.1) is 5.69 Å². The molecule has 0 spiro atoms. The first kappa shape index (κ1) is 10.9. The van der Waals surface area contributed by atoms with Crippen molar-refractivity contribution in [3.05, 3.63) is 53.9 Å². The fraction of sp³-hybridized carbons (Fsp3) is 0.143. The van der Waals surface area contributed by atoms with Crippen LogP contribution < -0.4 is 0 Å². The van der Waals surface area contributed by atoms with Crippen molar-refractivity contribution in [1.82, 2.24) is 14.4 Å². The van der Waals surface area contributed by atoms with E-state index in [0.29, 0.717) is 0 Å². The molecule has 0 amide bonds. The van der Waals surface area contributed by atoms with Crippen LogP contribution in [0, 0.1) is 19.7 Å². The Kier molecular flexibility index (Phi) is 2.37. The molecule has 90 valence electrons. The van der Waals surface area contributed by atoms with E-state index in [2.05, 4.69) is 9.97 Å².